The quantitative estimate of drug-likeness (QED) is 0.670. The molecule has 2 aromatic carbocycles. The van der Waals surface area contributed by atoms with Crippen molar-refractivity contribution in [2.24, 2.45) is 15.6 Å². The molecule has 0 fully saturated rings. The summed E-state index contributed by atoms with van der Waals surface area (Å²) in [6, 6.07) is 8.99. The zero-order valence-corrected chi connectivity index (χ0v) is 16.6. The number of phenolic OH excluding ortho intramolecular Hbond substituents is 2. The minimum Gasteiger partial charge on any atom is -0.507 e. The predicted molar refractivity (Wildman–Crippen MR) is 107 cm³/mol. The number of hydrogen-bond acceptors (Lipinski definition) is 7. The number of aromatic hydroxyl groups is 2. The lowest BCUT2D eigenvalue weighted by atomic mass is 9.69. The van der Waals surface area contributed by atoms with Crippen molar-refractivity contribution >= 4 is 11.5 Å². The highest BCUT2D eigenvalue weighted by atomic mass is 16.5. The van der Waals surface area contributed by atoms with Crippen molar-refractivity contribution in [3.05, 3.63) is 57.9 Å². The summed E-state index contributed by atoms with van der Waals surface area (Å²) in [5, 5.41) is 39.0. The molecule has 2 heterocycles. The summed E-state index contributed by atoms with van der Waals surface area (Å²) in [6.07, 6.45) is 0.888. The first-order valence-corrected chi connectivity index (χ1v) is 9.73. The first kappa shape index (κ1) is 18.4. The van der Waals surface area contributed by atoms with Crippen LogP contribution < -0.4 is 4.74 Å². The Hall–Kier alpha value is -3.66. The van der Waals surface area contributed by atoms with E-state index >= 15 is 0 Å². The molecule has 1 atom stereocenters. The molecule has 0 aromatic heterocycles. The molecule has 0 saturated carbocycles. The van der Waals surface area contributed by atoms with Crippen molar-refractivity contribution in [3.63, 3.8) is 0 Å². The highest BCUT2D eigenvalue weighted by Crippen LogP contribution is 2.59. The molecule has 0 radical (unpaired) electrons. The number of azo groups is 1. The minimum atomic E-state index is -0.614. The highest BCUT2D eigenvalue weighted by molar-refractivity contribution is 6.00. The van der Waals surface area contributed by atoms with Crippen LogP contribution in [0, 0.1) is 16.7 Å². The van der Waals surface area contributed by atoms with Gasteiger partial charge < -0.3 is 14.9 Å². The summed E-state index contributed by atoms with van der Waals surface area (Å²) in [4.78, 5) is 13.2. The summed E-state index contributed by atoms with van der Waals surface area (Å²) in [6.45, 7) is 4.14. The van der Waals surface area contributed by atoms with E-state index in [-0.39, 0.29) is 40.7 Å². The van der Waals surface area contributed by atoms with E-state index in [9.17, 15) is 15.0 Å². The molecule has 1 unspecified atom stereocenters. The Bertz CT molecular complexity index is 1220. The third-order valence-electron chi connectivity index (χ3n) is 5.97. The molecule has 30 heavy (non-hydrogen) atoms. The summed E-state index contributed by atoms with van der Waals surface area (Å²) < 4.78 is 6.07. The maximum atomic E-state index is 13.2. The van der Waals surface area contributed by atoms with Crippen LogP contribution in [0.4, 0.5) is 5.69 Å². The molecule has 1 aliphatic carbocycles. The Balaban J connectivity index is 1.80. The van der Waals surface area contributed by atoms with Gasteiger partial charge in [-0.3, -0.25) is 4.79 Å². The Labute approximate surface area is 172 Å². The van der Waals surface area contributed by atoms with Crippen LogP contribution in [0.15, 0.2) is 45.8 Å². The van der Waals surface area contributed by atoms with Crippen LogP contribution in [-0.2, 0) is 11.3 Å². The average Bonchev–Trinajstić information content (AvgIpc) is 3.20. The molecule has 2 aliphatic heterocycles. The van der Waals surface area contributed by atoms with Crippen molar-refractivity contribution in [1.29, 1.82) is 5.26 Å². The van der Waals surface area contributed by atoms with Gasteiger partial charge in [-0.15, -0.1) is 0 Å². The van der Waals surface area contributed by atoms with E-state index in [1.54, 1.807) is 24.3 Å². The lowest BCUT2D eigenvalue weighted by molar-refractivity contribution is -0.118. The fraction of sp³-hybridized carbons (Fsp3) is 0.304. The number of allylic oxidation sites excluding steroid dienone is 2. The van der Waals surface area contributed by atoms with Gasteiger partial charge in [-0.05, 0) is 23.1 Å². The Morgan fingerprint density at radius 2 is 1.90 bits per heavy atom. The summed E-state index contributed by atoms with van der Waals surface area (Å²) in [5.74, 6) is -0.290. The van der Waals surface area contributed by atoms with Crippen LogP contribution in [0.3, 0.4) is 0 Å². The van der Waals surface area contributed by atoms with Crippen LogP contribution in [-0.4, -0.2) is 16.0 Å². The SMILES string of the molecule is CC1(C)CC(=O)C2=C(C1)Oc1c(O)c3c(c(O)c1C2c1ccc(C#N)cc1)CN=N3. The van der Waals surface area contributed by atoms with E-state index in [4.69, 9.17) is 10.00 Å². The van der Waals surface area contributed by atoms with E-state index in [0.29, 0.717) is 40.9 Å². The van der Waals surface area contributed by atoms with Crippen molar-refractivity contribution < 1.29 is 19.7 Å². The van der Waals surface area contributed by atoms with E-state index in [2.05, 4.69) is 16.3 Å². The number of carbonyl (C=O) groups is 1. The van der Waals surface area contributed by atoms with E-state index in [1.165, 1.54) is 0 Å². The molecule has 0 bridgehead atoms. The van der Waals surface area contributed by atoms with Crippen molar-refractivity contribution in [1.82, 2.24) is 0 Å². The van der Waals surface area contributed by atoms with Gasteiger partial charge in [0.25, 0.3) is 0 Å². The highest BCUT2D eigenvalue weighted by Gasteiger charge is 2.45. The topological polar surface area (TPSA) is 115 Å². The standard InChI is InChI=1S/C23H19N3O4/c1-23(2)7-14(27)17-15(8-23)30-22-18(16(17)12-5-3-11(9-24)4-6-12)20(28)13-10-25-26-19(13)21(22)29/h3-6,16,28-29H,7-8,10H2,1-2H3. The number of nitrogens with zero attached hydrogens (tertiary/aromatic N) is 3. The fourth-order valence-corrected chi connectivity index (χ4v) is 4.61. The lowest BCUT2D eigenvalue weighted by Crippen LogP contribution is -2.33. The second-order valence-corrected chi connectivity index (χ2v) is 8.71. The van der Waals surface area contributed by atoms with E-state index < -0.39 is 5.92 Å². The zero-order chi connectivity index (χ0) is 21.2. The van der Waals surface area contributed by atoms with Gasteiger partial charge in [0.2, 0.25) is 0 Å². The Kier molecular flexibility index (Phi) is 3.78. The number of ketones is 1. The monoisotopic (exact) mass is 401 g/mol. The first-order chi connectivity index (χ1) is 14.3. The van der Waals surface area contributed by atoms with Gasteiger partial charge in [0.15, 0.2) is 17.3 Å². The van der Waals surface area contributed by atoms with Gasteiger partial charge in [0.05, 0.1) is 23.7 Å². The molecule has 2 N–H and O–H groups in total. The number of fused-ring (bicyclic) bond motifs is 2. The van der Waals surface area contributed by atoms with Gasteiger partial charge >= 0.3 is 0 Å². The molecule has 0 spiro atoms. The van der Waals surface area contributed by atoms with Gasteiger partial charge in [0.1, 0.15) is 17.2 Å². The van der Waals surface area contributed by atoms with Gasteiger partial charge in [0, 0.05) is 29.9 Å². The van der Waals surface area contributed by atoms with Crippen LogP contribution in [0.2, 0.25) is 0 Å². The third-order valence-corrected chi connectivity index (χ3v) is 5.97. The largest absolute Gasteiger partial charge is 0.507 e. The first-order valence-electron chi connectivity index (χ1n) is 9.73. The number of benzene rings is 2. The van der Waals surface area contributed by atoms with Gasteiger partial charge in [-0.1, -0.05) is 26.0 Å². The molecule has 3 aliphatic rings. The molecule has 150 valence electrons. The third kappa shape index (κ3) is 2.53. The Morgan fingerprint density at radius 1 is 1.17 bits per heavy atom. The summed E-state index contributed by atoms with van der Waals surface area (Å²) in [5.41, 5.74) is 2.41. The smallest absolute Gasteiger partial charge is 0.187 e. The minimum absolute atomic E-state index is 0.0463. The normalized spacial score (nSPS) is 20.8. The maximum absolute atomic E-state index is 13.2. The summed E-state index contributed by atoms with van der Waals surface area (Å²) in [7, 11) is 0. The van der Waals surface area contributed by atoms with Gasteiger partial charge in [-0.2, -0.15) is 15.5 Å². The zero-order valence-electron chi connectivity index (χ0n) is 16.6. The van der Waals surface area contributed by atoms with Crippen molar-refractivity contribution in [2.75, 3.05) is 0 Å². The predicted octanol–water partition coefficient (Wildman–Crippen LogP) is 4.73. The Morgan fingerprint density at radius 3 is 2.60 bits per heavy atom. The molecule has 5 rings (SSSR count). The number of Topliss-reactive ketones (excluding diaryl/α,β-unsaturated/α-hetero) is 1. The van der Waals surface area contributed by atoms with Crippen LogP contribution in [0.25, 0.3) is 0 Å². The summed E-state index contributed by atoms with van der Waals surface area (Å²) >= 11 is 0. The number of nitriles is 1. The molecule has 2 aromatic rings. The molecular formula is C23H19N3O4. The van der Waals surface area contributed by atoms with Crippen LogP contribution in [0.5, 0.6) is 17.2 Å². The number of ether oxygens (including phenoxy) is 1. The second kappa shape index (κ2) is 6.17. The average molecular weight is 401 g/mol. The fourth-order valence-electron chi connectivity index (χ4n) is 4.61. The number of hydrogen-bond donors (Lipinski definition) is 2. The molecule has 0 saturated heterocycles. The number of rotatable bonds is 1. The lowest BCUT2D eigenvalue weighted by Gasteiger charge is -2.38. The molecule has 7 nitrogen and oxygen atoms in total. The van der Waals surface area contributed by atoms with E-state index in [1.807, 2.05) is 13.8 Å². The van der Waals surface area contributed by atoms with E-state index in [0.717, 1.165) is 5.56 Å². The molecule has 0 amide bonds. The molecular weight excluding hydrogens is 382 g/mol. The van der Waals surface area contributed by atoms with Crippen LogP contribution in [0.1, 0.15) is 54.9 Å². The van der Waals surface area contributed by atoms with Gasteiger partial charge in [-0.25, -0.2) is 0 Å². The van der Waals surface area contributed by atoms with Crippen molar-refractivity contribution in [3.8, 4) is 23.3 Å². The second-order valence-electron chi connectivity index (χ2n) is 8.71. The number of phenols is 2. The number of carbonyl (C=O) groups excluding carboxylic acids is 1. The van der Waals surface area contributed by atoms with Crippen molar-refractivity contribution in [2.45, 2.75) is 39.2 Å². The van der Waals surface area contributed by atoms with Crippen LogP contribution >= 0.6 is 0 Å². The maximum Gasteiger partial charge on any atom is 0.187 e. The molecule has 7 heteroatoms.